The molecular formula is C15H28N4O. The molecule has 0 radical (unpaired) electrons. The zero-order chi connectivity index (χ0) is 15.0. The summed E-state index contributed by atoms with van der Waals surface area (Å²) in [6, 6.07) is 0. The second-order valence-electron chi connectivity index (χ2n) is 4.85. The Bertz CT molecular complexity index is 405. The lowest BCUT2D eigenvalue weighted by atomic mass is 10.3. The van der Waals surface area contributed by atoms with Crippen molar-refractivity contribution in [2.75, 3.05) is 38.1 Å². The van der Waals surface area contributed by atoms with Crippen LogP contribution in [0.1, 0.15) is 38.6 Å². The number of likely N-dealkylation sites (N-methyl/N-ethyl adjacent to an activating group) is 1. The molecular weight excluding hydrogens is 252 g/mol. The molecule has 0 aliphatic rings. The van der Waals surface area contributed by atoms with Gasteiger partial charge in [-0.25, -0.2) is 4.98 Å². The maximum atomic E-state index is 5.84. The molecule has 0 bridgehead atoms. The molecule has 1 rings (SSSR count). The first-order valence-corrected chi connectivity index (χ1v) is 7.56. The fourth-order valence-electron chi connectivity index (χ4n) is 1.97. The molecule has 0 spiro atoms. The third-order valence-electron chi connectivity index (χ3n) is 3.30. The van der Waals surface area contributed by atoms with Crippen LogP contribution in [0.25, 0.3) is 0 Å². The first-order chi connectivity index (χ1) is 9.62. The van der Waals surface area contributed by atoms with Crippen LogP contribution in [0.5, 0.6) is 5.88 Å². The largest absolute Gasteiger partial charge is 0.476 e. The van der Waals surface area contributed by atoms with Gasteiger partial charge in [-0.3, -0.25) is 0 Å². The third kappa shape index (κ3) is 4.96. The highest BCUT2D eigenvalue weighted by atomic mass is 16.5. The number of anilines is 1. The van der Waals surface area contributed by atoms with Crippen molar-refractivity contribution in [3.63, 3.8) is 0 Å². The average molecular weight is 280 g/mol. The Morgan fingerprint density at radius 3 is 2.40 bits per heavy atom. The highest BCUT2D eigenvalue weighted by Gasteiger charge is 2.10. The van der Waals surface area contributed by atoms with Gasteiger partial charge in [-0.15, -0.1) is 0 Å². The molecule has 0 unspecified atom stereocenters. The maximum Gasteiger partial charge on any atom is 0.221 e. The molecule has 5 nitrogen and oxygen atoms in total. The minimum atomic E-state index is 0.659. The number of hydrogen-bond donors (Lipinski definition) is 1. The van der Waals surface area contributed by atoms with Gasteiger partial charge >= 0.3 is 0 Å². The lowest BCUT2D eigenvalue weighted by molar-refractivity contribution is 0.216. The number of ether oxygens (including phenoxy) is 1. The summed E-state index contributed by atoms with van der Waals surface area (Å²) >= 11 is 0. The molecule has 0 fully saturated rings. The SMILES string of the molecule is CCCNc1nc(C)nc(OCCN(CC)CC)c1C. The van der Waals surface area contributed by atoms with Gasteiger partial charge in [-0.2, -0.15) is 4.98 Å². The summed E-state index contributed by atoms with van der Waals surface area (Å²) in [5.41, 5.74) is 0.989. The van der Waals surface area contributed by atoms with Gasteiger partial charge < -0.3 is 15.0 Å². The predicted octanol–water partition coefficient (Wildman–Crippen LogP) is 2.64. The standard InChI is InChI=1S/C15H28N4O/c1-6-9-16-14-12(4)15(18-13(5)17-14)20-11-10-19(7-2)8-3/h6-11H2,1-5H3,(H,16,17,18). The molecule has 0 saturated heterocycles. The summed E-state index contributed by atoms with van der Waals surface area (Å²) in [6.07, 6.45) is 1.07. The molecule has 0 saturated carbocycles. The van der Waals surface area contributed by atoms with E-state index in [1.165, 1.54) is 0 Å². The lowest BCUT2D eigenvalue weighted by Crippen LogP contribution is -2.28. The van der Waals surface area contributed by atoms with Crippen LogP contribution in [0.2, 0.25) is 0 Å². The Labute approximate surface area is 122 Å². The minimum Gasteiger partial charge on any atom is -0.476 e. The van der Waals surface area contributed by atoms with E-state index in [2.05, 4.69) is 41.0 Å². The van der Waals surface area contributed by atoms with Gasteiger partial charge in [0.25, 0.3) is 0 Å². The summed E-state index contributed by atoms with van der Waals surface area (Å²) in [6.45, 7) is 15.0. The molecule has 114 valence electrons. The van der Waals surface area contributed by atoms with Crippen molar-refractivity contribution in [2.45, 2.75) is 41.0 Å². The van der Waals surface area contributed by atoms with Gasteiger partial charge in [-0.1, -0.05) is 20.8 Å². The third-order valence-corrected chi connectivity index (χ3v) is 3.30. The van der Waals surface area contributed by atoms with Crippen molar-refractivity contribution in [1.82, 2.24) is 14.9 Å². The Balaban J connectivity index is 2.67. The highest BCUT2D eigenvalue weighted by Crippen LogP contribution is 2.21. The highest BCUT2D eigenvalue weighted by molar-refractivity contribution is 5.48. The van der Waals surface area contributed by atoms with Crippen LogP contribution < -0.4 is 10.1 Å². The van der Waals surface area contributed by atoms with E-state index < -0.39 is 0 Å². The molecule has 1 aromatic heterocycles. The van der Waals surface area contributed by atoms with E-state index in [-0.39, 0.29) is 0 Å². The van der Waals surface area contributed by atoms with Crippen LogP contribution in [0.3, 0.4) is 0 Å². The van der Waals surface area contributed by atoms with E-state index >= 15 is 0 Å². The summed E-state index contributed by atoms with van der Waals surface area (Å²) in [5, 5.41) is 3.32. The number of nitrogens with one attached hydrogen (secondary N) is 1. The van der Waals surface area contributed by atoms with E-state index in [1.807, 2.05) is 13.8 Å². The second-order valence-corrected chi connectivity index (χ2v) is 4.85. The van der Waals surface area contributed by atoms with E-state index in [0.29, 0.717) is 12.5 Å². The first-order valence-electron chi connectivity index (χ1n) is 7.56. The monoisotopic (exact) mass is 280 g/mol. The Kier molecular flexibility index (Phi) is 7.30. The molecule has 0 aromatic carbocycles. The van der Waals surface area contributed by atoms with Crippen molar-refractivity contribution < 1.29 is 4.74 Å². The number of aromatic nitrogens is 2. The number of hydrogen-bond acceptors (Lipinski definition) is 5. The van der Waals surface area contributed by atoms with Gasteiger partial charge in [-0.05, 0) is 33.4 Å². The fraction of sp³-hybridized carbons (Fsp3) is 0.733. The summed E-state index contributed by atoms with van der Waals surface area (Å²) < 4.78 is 5.84. The second kappa shape index (κ2) is 8.74. The van der Waals surface area contributed by atoms with E-state index in [9.17, 15) is 0 Å². The predicted molar refractivity (Wildman–Crippen MR) is 83.6 cm³/mol. The molecule has 1 aromatic rings. The molecule has 1 N–H and O–H groups in total. The van der Waals surface area contributed by atoms with Gasteiger partial charge in [0, 0.05) is 13.1 Å². The smallest absolute Gasteiger partial charge is 0.221 e. The number of nitrogens with zero attached hydrogens (tertiary/aromatic N) is 3. The summed E-state index contributed by atoms with van der Waals surface area (Å²) in [4.78, 5) is 11.2. The number of aryl methyl sites for hydroxylation is 1. The molecule has 0 aliphatic carbocycles. The Hall–Kier alpha value is -1.36. The first kappa shape index (κ1) is 16.7. The van der Waals surface area contributed by atoms with Gasteiger partial charge in [0.1, 0.15) is 18.2 Å². The van der Waals surface area contributed by atoms with E-state index in [0.717, 1.165) is 49.8 Å². The number of rotatable bonds is 9. The van der Waals surface area contributed by atoms with Crippen molar-refractivity contribution in [3.8, 4) is 5.88 Å². The summed E-state index contributed by atoms with van der Waals surface area (Å²) in [7, 11) is 0. The van der Waals surface area contributed by atoms with Crippen molar-refractivity contribution in [3.05, 3.63) is 11.4 Å². The Morgan fingerprint density at radius 1 is 1.10 bits per heavy atom. The normalized spacial score (nSPS) is 10.9. The zero-order valence-electron chi connectivity index (χ0n) is 13.5. The quantitative estimate of drug-likeness (QED) is 0.753. The average Bonchev–Trinajstić information content (AvgIpc) is 2.45. The maximum absolute atomic E-state index is 5.84. The zero-order valence-corrected chi connectivity index (χ0v) is 13.5. The van der Waals surface area contributed by atoms with Gasteiger partial charge in [0.05, 0.1) is 5.56 Å². The molecule has 0 aliphatic heterocycles. The van der Waals surface area contributed by atoms with Crippen molar-refractivity contribution >= 4 is 5.82 Å². The van der Waals surface area contributed by atoms with E-state index in [1.54, 1.807) is 0 Å². The summed E-state index contributed by atoms with van der Waals surface area (Å²) in [5.74, 6) is 2.33. The van der Waals surface area contributed by atoms with Gasteiger partial charge in [0.15, 0.2) is 0 Å². The van der Waals surface area contributed by atoms with Crippen LogP contribution in [0.4, 0.5) is 5.82 Å². The van der Waals surface area contributed by atoms with Crippen LogP contribution in [-0.2, 0) is 0 Å². The van der Waals surface area contributed by atoms with Crippen molar-refractivity contribution in [1.29, 1.82) is 0 Å². The molecule has 1 heterocycles. The van der Waals surface area contributed by atoms with E-state index in [4.69, 9.17) is 4.74 Å². The molecule has 0 atom stereocenters. The minimum absolute atomic E-state index is 0.659. The van der Waals surface area contributed by atoms with Crippen LogP contribution in [0, 0.1) is 13.8 Å². The van der Waals surface area contributed by atoms with Crippen LogP contribution >= 0.6 is 0 Å². The van der Waals surface area contributed by atoms with Crippen LogP contribution in [-0.4, -0.2) is 47.7 Å². The fourth-order valence-corrected chi connectivity index (χ4v) is 1.97. The van der Waals surface area contributed by atoms with Crippen molar-refractivity contribution in [2.24, 2.45) is 0 Å². The molecule has 20 heavy (non-hydrogen) atoms. The Morgan fingerprint density at radius 2 is 1.80 bits per heavy atom. The topological polar surface area (TPSA) is 50.3 Å². The van der Waals surface area contributed by atoms with Crippen LogP contribution in [0.15, 0.2) is 0 Å². The lowest BCUT2D eigenvalue weighted by Gasteiger charge is -2.19. The molecule has 5 heteroatoms. The molecule has 0 amide bonds. The van der Waals surface area contributed by atoms with Gasteiger partial charge in [0.2, 0.25) is 5.88 Å².